The molecule has 0 unspecified atom stereocenters. The standard InChI is InChI=1S/C17H16FN5O3/c18-13-2-1-12(7-11(13)10-19)20-16(24)8-14-21-15(9-17(25)22-14)23-3-5-26-6-4-23/h1-2,7,9H,3-6,8H2,(H,20,24)(H,21,22,25). The Kier molecular flexibility index (Phi) is 5.24. The number of anilines is 2. The fourth-order valence-electron chi connectivity index (χ4n) is 2.58. The molecule has 134 valence electrons. The topological polar surface area (TPSA) is 111 Å². The molecule has 1 aliphatic rings. The minimum atomic E-state index is -0.658. The second-order valence-corrected chi connectivity index (χ2v) is 5.68. The van der Waals surface area contributed by atoms with E-state index in [2.05, 4.69) is 15.3 Å². The molecule has 1 aromatic carbocycles. The van der Waals surface area contributed by atoms with Crippen molar-refractivity contribution in [2.75, 3.05) is 36.5 Å². The van der Waals surface area contributed by atoms with Crippen molar-refractivity contribution in [3.63, 3.8) is 0 Å². The molecule has 1 fully saturated rings. The number of nitriles is 1. The summed E-state index contributed by atoms with van der Waals surface area (Å²) in [7, 11) is 0. The molecule has 1 saturated heterocycles. The third kappa shape index (κ3) is 4.23. The lowest BCUT2D eigenvalue weighted by molar-refractivity contribution is -0.115. The Bertz CT molecular complexity index is 915. The van der Waals surface area contributed by atoms with Gasteiger partial charge in [-0.15, -0.1) is 0 Å². The number of hydrogen-bond donors (Lipinski definition) is 2. The highest BCUT2D eigenvalue weighted by atomic mass is 19.1. The van der Waals surface area contributed by atoms with Crippen LogP contribution >= 0.6 is 0 Å². The Hall–Kier alpha value is -3.25. The second-order valence-electron chi connectivity index (χ2n) is 5.68. The smallest absolute Gasteiger partial charge is 0.252 e. The molecule has 2 N–H and O–H groups in total. The molecule has 0 radical (unpaired) electrons. The van der Waals surface area contributed by atoms with Crippen LogP contribution in [0.4, 0.5) is 15.9 Å². The fraction of sp³-hybridized carbons (Fsp3) is 0.294. The molecule has 0 atom stereocenters. The van der Waals surface area contributed by atoms with E-state index in [0.717, 1.165) is 6.07 Å². The third-order valence-corrected chi connectivity index (χ3v) is 3.81. The summed E-state index contributed by atoms with van der Waals surface area (Å²) >= 11 is 0. The molecule has 1 amide bonds. The molecule has 2 heterocycles. The number of carbonyl (C=O) groups excluding carboxylic acids is 1. The number of halogens is 1. The molecule has 1 aromatic heterocycles. The van der Waals surface area contributed by atoms with Crippen LogP contribution in [0.5, 0.6) is 0 Å². The van der Waals surface area contributed by atoms with Crippen molar-refractivity contribution < 1.29 is 13.9 Å². The van der Waals surface area contributed by atoms with Crippen LogP contribution in [0.15, 0.2) is 29.1 Å². The number of hydrogen-bond acceptors (Lipinski definition) is 6. The van der Waals surface area contributed by atoms with Crippen LogP contribution in [0.25, 0.3) is 0 Å². The quantitative estimate of drug-likeness (QED) is 0.837. The van der Waals surface area contributed by atoms with E-state index in [-0.39, 0.29) is 23.4 Å². The van der Waals surface area contributed by atoms with Gasteiger partial charge in [-0.05, 0) is 18.2 Å². The Balaban J connectivity index is 1.72. The van der Waals surface area contributed by atoms with Gasteiger partial charge in [-0.25, -0.2) is 9.37 Å². The van der Waals surface area contributed by atoms with Crippen molar-refractivity contribution in [2.24, 2.45) is 0 Å². The number of rotatable bonds is 4. The lowest BCUT2D eigenvalue weighted by Crippen LogP contribution is -2.37. The number of ether oxygens (including phenoxy) is 1. The Labute approximate surface area is 148 Å². The van der Waals surface area contributed by atoms with E-state index in [4.69, 9.17) is 10.00 Å². The molecular formula is C17H16FN5O3. The molecule has 0 aliphatic carbocycles. The first-order valence-corrected chi connectivity index (χ1v) is 7.97. The predicted octanol–water partition coefficient (Wildman–Crippen LogP) is 0.798. The Morgan fingerprint density at radius 3 is 2.88 bits per heavy atom. The first kappa shape index (κ1) is 17.6. The van der Waals surface area contributed by atoms with Crippen molar-refractivity contribution in [1.82, 2.24) is 9.97 Å². The molecule has 3 rings (SSSR count). The van der Waals surface area contributed by atoms with E-state index in [1.54, 1.807) is 6.07 Å². The summed E-state index contributed by atoms with van der Waals surface area (Å²) in [6.07, 6.45) is -0.160. The summed E-state index contributed by atoms with van der Waals surface area (Å²) in [6.45, 7) is 2.34. The van der Waals surface area contributed by atoms with Crippen molar-refractivity contribution in [3.8, 4) is 6.07 Å². The Morgan fingerprint density at radius 2 is 2.15 bits per heavy atom. The zero-order valence-electron chi connectivity index (χ0n) is 13.8. The number of morpholine rings is 1. The molecule has 9 heteroatoms. The van der Waals surface area contributed by atoms with Gasteiger partial charge in [0.05, 0.1) is 25.2 Å². The maximum atomic E-state index is 13.3. The van der Waals surface area contributed by atoms with E-state index in [9.17, 15) is 14.0 Å². The van der Waals surface area contributed by atoms with Crippen LogP contribution in [0.3, 0.4) is 0 Å². The monoisotopic (exact) mass is 357 g/mol. The van der Waals surface area contributed by atoms with Crippen molar-refractivity contribution in [2.45, 2.75) is 6.42 Å². The SMILES string of the molecule is N#Cc1cc(NC(=O)Cc2nc(N3CCOCC3)cc(=O)[nH]2)ccc1F. The summed E-state index contributed by atoms with van der Waals surface area (Å²) in [6, 6.07) is 6.79. The van der Waals surface area contributed by atoms with Crippen LogP contribution in [-0.4, -0.2) is 42.2 Å². The van der Waals surface area contributed by atoms with Crippen LogP contribution in [0.2, 0.25) is 0 Å². The van der Waals surface area contributed by atoms with Crippen LogP contribution < -0.4 is 15.8 Å². The lowest BCUT2D eigenvalue weighted by atomic mass is 10.2. The van der Waals surface area contributed by atoms with Gasteiger partial charge in [-0.1, -0.05) is 0 Å². The van der Waals surface area contributed by atoms with E-state index < -0.39 is 11.7 Å². The largest absolute Gasteiger partial charge is 0.378 e. The summed E-state index contributed by atoms with van der Waals surface area (Å²) < 4.78 is 18.6. The van der Waals surface area contributed by atoms with Gasteiger partial charge in [0.2, 0.25) is 5.91 Å². The fourth-order valence-corrected chi connectivity index (χ4v) is 2.58. The summed E-state index contributed by atoms with van der Waals surface area (Å²) in [5, 5.41) is 11.4. The van der Waals surface area contributed by atoms with Gasteiger partial charge < -0.3 is 19.9 Å². The molecule has 26 heavy (non-hydrogen) atoms. The highest BCUT2D eigenvalue weighted by Crippen LogP contribution is 2.14. The number of nitrogens with zero attached hydrogens (tertiary/aromatic N) is 3. The van der Waals surface area contributed by atoms with Gasteiger partial charge >= 0.3 is 0 Å². The van der Waals surface area contributed by atoms with Gasteiger partial charge in [-0.3, -0.25) is 9.59 Å². The van der Waals surface area contributed by atoms with Gasteiger partial charge in [0.15, 0.2) is 0 Å². The highest BCUT2D eigenvalue weighted by molar-refractivity contribution is 5.92. The van der Waals surface area contributed by atoms with E-state index in [0.29, 0.717) is 37.8 Å². The molecule has 0 bridgehead atoms. The molecular weight excluding hydrogens is 341 g/mol. The highest BCUT2D eigenvalue weighted by Gasteiger charge is 2.15. The maximum absolute atomic E-state index is 13.3. The number of amides is 1. The summed E-state index contributed by atoms with van der Waals surface area (Å²) in [5.41, 5.74) is -0.221. The normalized spacial score (nSPS) is 13.9. The number of H-pyrrole nitrogens is 1. The van der Waals surface area contributed by atoms with Crippen molar-refractivity contribution >= 4 is 17.4 Å². The molecule has 2 aromatic rings. The molecule has 1 aliphatic heterocycles. The van der Waals surface area contributed by atoms with Gasteiger partial charge in [0.1, 0.15) is 23.5 Å². The van der Waals surface area contributed by atoms with Crippen LogP contribution in [0.1, 0.15) is 11.4 Å². The summed E-state index contributed by atoms with van der Waals surface area (Å²) in [5.74, 6) is -0.384. The molecule has 8 nitrogen and oxygen atoms in total. The third-order valence-electron chi connectivity index (χ3n) is 3.81. The van der Waals surface area contributed by atoms with Crippen LogP contribution in [0, 0.1) is 17.1 Å². The van der Waals surface area contributed by atoms with Crippen molar-refractivity contribution in [1.29, 1.82) is 5.26 Å². The average Bonchev–Trinajstić information content (AvgIpc) is 2.63. The molecule has 0 saturated carbocycles. The minimum absolute atomic E-state index is 0.160. The second kappa shape index (κ2) is 7.76. The average molecular weight is 357 g/mol. The minimum Gasteiger partial charge on any atom is -0.378 e. The van der Waals surface area contributed by atoms with Gasteiger partial charge in [0, 0.05) is 24.8 Å². The summed E-state index contributed by atoms with van der Waals surface area (Å²) in [4.78, 5) is 32.8. The maximum Gasteiger partial charge on any atom is 0.252 e. The number of aromatic nitrogens is 2. The van der Waals surface area contributed by atoms with Crippen molar-refractivity contribution in [3.05, 3.63) is 51.8 Å². The first-order chi connectivity index (χ1) is 12.5. The van der Waals surface area contributed by atoms with Crippen LogP contribution in [-0.2, 0) is 16.0 Å². The zero-order valence-corrected chi connectivity index (χ0v) is 13.8. The van der Waals surface area contributed by atoms with E-state index in [1.807, 2.05) is 4.90 Å². The molecule has 0 spiro atoms. The number of benzene rings is 1. The number of carbonyl (C=O) groups is 1. The van der Waals surface area contributed by atoms with E-state index >= 15 is 0 Å². The number of nitrogens with one attached hydrogen (secondary N) is 2. The van der Waals surface area contributed by atoms with Gasteiger partial charge in [0.25, 0.3) is 5.56 Å². The van der Waals surface area contributed by atoms with Gasteiger partial charge in [-0.2, -0.15) is 5.26 Å². The zero-order chi connectivity index (χ0) is 18.5. The number of aromatic amines is 1. The first-order valence-electron chi connectivity index (χ1n) is 7.97. The lowest BCUT2D eigenvalue weighted by Gasteiger charge is -2.27. The Morgan fingerprint density at radius 1 is 1.38 bits per heavy atom. The predicted molar refractivity (Wildman–Crippen MR) is 91.3 cm³/mol. The van der Waals surface area contributed by atoms with E-state index in [1.165, 1.54) is 18.2 Å².